The number of carbonyl (C=O) groups is 3. The van der Waals surface area contributed by atoms with Crippen LogP contribution >= 0.6 is 0 Å². The van der Waals surface area contributed by atoms with Crippen molar-refractivity contribution in [1.29, 1.82) is 0 Å². The van der Waals surface area contributed by atoms with Crippen LogP contribution in [0, 0.1) is 5.41 Å². The summed E-state index contributed by atoms with van der Waals surface area (Å²) in [7, 11) is 0. The zero-order valence-corrected chi connectivity index (χ0v) is 11.3. The molecule has 4 nitrogen and oxygen atoms in total. The number of hydrogen-bond acceptors (Lipinski definition) is 4. The van der Waals surface area contributed by atoms with E-state index in [2.05, 4.69) is 12.6 Å². The fourth-order valence-electron chi connectivity index (χ4n) is 1.84. The van der Waals surface area contributed by atoms with Gasteiger partial charge in [-0.3, -0.25) is 9.59 Å². The Morgan fingerprint density at radius 3 is 2.41 bits per heavy atom. The maximum atomic E-state index is 12.0. The highest BCUT2D eigenvalue weighted by molar-refractivity contribution is 7.77. The molecule has 0 aromatic heterocycles. The van der Waals surface area contributed by atoms with Gasteiger partial charge in [-0.05, 0) is 19.3 Å². The van der Waals surface area contributed by atoms with Crippen molar-refractivity contribution in [1.82, 2.24) is 4.90 Å². The summed E-state index contributed by atoms with van der Waals surface area (Å²) in [5, 5.41) is -0.446. The highest BCUT2D eigenvalue weighted by Gasteiger charge is 2.38. The molecular formula is C12H18NO3S-. The van der Waals surface area contributed by atoms with Crippen molar-refractivity contribution < 1.29 is 14.4 Å². The predicted molar refractivity (Wildman–Crippen MR) is 66.2 cm³/mol. The molecule has 0 saturated carbocycles. The van der Waals surface area contributed by atoms with Gasteiger partial charge in [-0.15, -0.1) is 0 Å². The average molecular weight is 256 g/mol. The summed E-state index contributed by atoms with van der Waals surface area (Å²) in [6.45, 7) is 5.81. The molecule has 1 saturated heterocycles. The Morgan fingerprint density at radius 2 is 1.94 bits per heavy atom. The van der Waals surface area contributed by atoms with Crippen LogP contribution in [0.25, 0.3) is 0 Å². The van der Waals surface area contributed by atoms with Crippen LogP contribution in [0.15, 0.2) is 0 Å². The Bertz CT molecular complexity index is 352. The van der Waals surface area contributed by atoms with Crippen LogP contribution in [0.4, 0.5) is 0 Å². The lowest BCUT2D eigenvalue weighted by Crippen LogP contribution is -2.47. The molecule has 0 aromatic rings. The number of likely N-dealkylation sites (tertiary alicyclic amines) is 1. The molecule has 17 heavy (non-hydrogen) atoms. The summed E-state index contributed by atoms with van der Waals surface area (Å²) in [5.74, 6) is -0.985. The second kappa shape index (κ2) is 5.12. The topological polar surface area (TPSA) is 54.5 Å². The summed E-state index contributed by atoms with van der Waals surface area (Å²) < 4.78 is 0. The number of rotatable bonds is 4. The molecule has 1 unspecified atom stereocenters. The molecule has 0 radical (unpaired) electrons. The lowest BCUT2D eigenvalue weighted by molar-refractivity contribution is -0.150. The van der Waals surface area contributed by atoms with E-state index in [-0.39, 0.29) is 0 Å². The molecule has 1 fully saturated rings. The Hall–Kier alpha value is -0.970. The van der Waals surface area contributed by atoms with E-state index in [9.17, 15) is 14.4 Å². The minimum Gasteiger partial charge on any atom is -0.740 e. The summed E-state index contributed by atoms with van der Waals surface area (Å²) >= 11 is 4.60. The van der Waals surface area contributed by atoms with Crippen molar-refractivity contribution in [3.05, 3.63) is 0 Å². The van der Waals surface area contributed by atoms with Crippen molar-refractivity contribution in [3.63, 3.8) is 0 Å². The molecular weight excluding hydrogens is 238 g/mol. The fraction of sp³-hybridized carbons (Fsp3) is 0.750. The van der Waals surface area contributed by atoms with Crippen molar-refractivity contribution in [2.45, 2.75) is 46.1 Å². The molecule has 1 amide bonds. The normalized spacial score (nSPS) is 20.4. The van der Waals surface area contributed by atoms with E-state index >= 15 is 0 Å². The van der Waals surface area contributed by atoms with Gasteiger partial charge in [0.1, 0.15) is 0 Å². The summed E-state index contributed by atoms with van der Waals surface area (Å²) in [6, 6.07) is -0.575. The summed E-state index contributed by atoms with van der Waals surface area (Å²) in [6.07, 6.45) is 1.91. The number of nitrogens with zero attached hydrogens (tertiary/aromatic N) is 1. The Labute approximate surface area is 107 Å². The van der Waals surface area contributed by atoms with Gasteiger partial charge in [-0.1, -0.05) is 20.8 Å². The molecule has 0 N–H and O–H groups in total. The van der Waals surface area contributed by atoms with Gasteiger partial charge in [0.2, 0.25) is 5.78 Å². The van der Waals surface area contributed by atoms with Gasteiger partial charge >= 0.3 is 0 Å². The van der Waals surface area contributed by atoms with Crippen LogP contribution in [0.1, 0.15) is 40.0 Å². The fourth-order valence-corrected chi connectivity index (χ4v) is 2.08. The van der Waals surface area contributed by atoms with E-state index < -0.39 is 28.3 Å². The van der Waals surface area contributed by atoms with E-state index in [0.29, 0.717) is 19.4 Å². The quantitative estimate of drug-likeness (QED) is 0.557. The molecule has 0 aliphatic carbocycles. The van der Waals surface area contributed by atoms with Crippen LogP contribution in [0.2, 0.25) is 0 Å². The lowest BCUT2D eigenvalue weighted by Gasteiger charge is -2.29. The standard InChI is InChI=1S/C12H19NO3S/c1-4-12(2,3)9(14)10(15)13-7-5-6-8(13)11(16)17/h8H,4-7H2,1-3H3,(H,16,17)/p-1. The monoisotopic (exact) mass is 256 g/mol. The third-order valence-corrected chi connectivity index (χ3v) is 3.75. The molecule has 0 aromatic carbocycles. The second-order valence-electron chi connectivity index (χ2n) is 5.04. The van der Waals surface area contributed by atoms with E-state index in [1.165, 1.54) is 4.90 Å². The van der Waals surface area contributed by atoms with Gasteiger partial charge in [0.15, 0.2) is 0 Å². The van der Waals surface area contributed by atoms with Crippen LogP contribution < -0.4 is 0 Å². The van der Waals surface area contributed by atoms with Crippen molar-refractivity contribution in [2.75, 3.05) is 6.54 Å². The number of Topliss-reactive ketones (excluding diaryl/α,β-unsaturated/α-hetero) is 1. The van der Waals surface area contributed by atoms with Gasteiger partial charge in [-0.2, -0.15) is 0 Å². The number of amides is 1. The molecule has 1 atom stereocenters. The minimum atomic E-state index is -0.672. The number of hydrogen-bond donors (Lipinski definition) is 0. The van der Waals surface area contributed by atoms with Gasteiger partial charge in [0.25, 0.3) is 5.91 Å². The molecule has 1 rings (SSSR count). The number of carbonyl (C=O) groups excluding carboxylic acids is 3. The molecule has 0 spiro atoms. The number of ketones is 1. The van der Waals surface area contributed by atoms with Crippen molar-refractivity contribution in [2.24, 2.45) is 5.41 Å². The third kappa shape index (κ3) is 2.83. The zero-order chi connectivity index (χ0) is 13.2. The van der Waals surface area contributed by atoms with Gasteiger partial charge in [0, 0.05) is 17.1 Å². The maximum Gasteiger partial charge on any atom is 0.291 e. The van der Waals surface area contributed by atoms with E-state index in [4.69, 9.17) is 0 Å². The highest BCUT2D eigenvalue weighted by atomic mass is 32.1. The molecule has 0 bridgehead atoms. The highest BCUT2D eigenvalue weighted by Crippen LogP contribution is 2.25. The second-order valence-corrected chi connectivity index (χ2v) is 5.44. The first-order chi connectivity index (χ1) is 7.81. The molecule has 1 aliphatic rings. The molecule has 1 aliphatic heterocycles. The summed E-state index contributed by atoms with van der Waals surface area (Å²) in [5.41, 5.74) is -0.672. The van der Waals surface area contributed by atoms with Crippen molar-refractivity contribution >= 4 is 29.4 Å². The Balaban J connectivity index is 2.83. The van der Waals surface area contributed by atoms with Gasteiger partial charge in [-0.25, -0.2) is 0 Å². The van der Waals surface area contributed by atoms with E-state index in [0.717, 1.165) is 6.42 Å². The smallest absolute Gasteiger partial charge is 0.291 e. The molecule has 5 heteroatoms. The molecule has 1 heterocycles. The average Bonchev–Trinajstić information content (AvgIpc) is 2.75. The van der Waals surface area contributed by atoms with E-state index in [1.807, 2.05) is 6.92 Å². The van der Waals surface area contributed by atoms with Crippen LogP contribution in [-0.2, 0) is 27.0 Å². The zero-order valence-electron chi connectivity index (χ0n) is 10.5. The van der Waals surface area contributed by atoms with Crippen LogP contribution in [-0.4, -0.2) is 34.3 Å². The van der Waals surface area contributed by atoms with E-state index in [1.54, 1.807) is 13.8 Å². The van der Waals surface area contributed by atoms with Crippen molar-refractivity contribution in [3.8, 4) is 0 Å². The van der Waals surface area contributed by atoms with Gasteiger partial charge in [0.05, 0.1) is 6.04 Å². The Kier molecular flexibility index (Phi) is 4.25. The SMILES string of the molecule is CCC(C)(C)C(=O)C(=O)N1CCCC1C(=O)[S-]. The minimum absolute atomic E-state index is 0.428. The van der Waals surface area contributed by atoms with Crippen LogP contribution in [0.3, 0.4) is 0 Å². The predicted octanol–water partition coefficient (Wildman–Crippen LogP) is 1.06. The first-order valence-electron chi connectivity index (χ1n) is 5.87. The summed E-state index contributed by atoms with van der Waals surface area (Å²) in [4.78, 5) is 36.6. The first-order valence-corrected chi connectivity index (χ1v) is 6.28. The maximum absolute atomic E-state index is 12.0. The lowest BCUT2D eigenvalue weighted by atomic mass is 9.84. The largest absolute Gasteiger partial charge is 0.740 e. The molecule has 96 valence electrons. The van der Waals surface area contributed by atoms with Crippen LogP contribution in [0.5, 0.6) is 0 Å². The third-order valence-electron chi connectivity index (χ3n) is 3.48. The first kappa shape index (κ1) is 14.1. The van der Waals surface area contributed by atoms with Gasteiger partial charge < -0.3 is 22.3 Å². The Morgan fingerprint density at radius 1 is 1.35 bits per heavy atom.